The molecule has 0 saturated carbocycles. The second kappa shape index (κ2) is 8.64. The minimum absolute atomic E-state index is 0.164. The SMILES string of the molecule is CCOc1ccc(CNC(=O)CN(C)S(=O)(=O)c2ccccc2)cc1. The van der Waals surface area contributed by atoms with Crippen molar-refractivity contribution in [2.75, 3.05) is 20.2 Å². The number of hydrogen-bond acceptors (Lipinski definition) is 4. The lowest BCUT2D eigenvalue weighted by Crippen LogP contribution is -2.38. The molecule has 0 fully saturated rings. The molecule has 0 saturated heterocycles. The second-order valence-corrected chi connectivity index (χ2v) is 7.47. The third kappa shape index (κ3) is 5.30. The predicted molar refractivity (Wildman–Crippen MR) is 95.7 cm³/mol. The fourth-order valence-corrected chi connectivity index (χ4v) is 3.33. The van der Waals surface area contributed by atoms with E-state index in [2.05, 4.69) is 5.32 Å². The van der Waals surface area contributed by atoms with Gasteiger partial charge in [0.1, 0.15) is 5.75 Å². The van der Waals surface area contributed by atoms with Crippen molar-refractivity contribution in [1.82, 2.24) is 9.62 Å². The highest BCUT2D eigenvalue weighted by Gasteiger charge is 2.22. The van der Waals surface area contributed by atoms with Gasteiger partial charge in [0.05, 0.1) is 18.0 Å². The Labute approximate surface area is 148 Å². The molecule has 2 aromatic rings. The number of benzene rings is 2. The zero-order valence-electron chi connectivity index (χ0n) is 14.3. The molecule has 0 aliphatic carbocycles. The maximum Gasteiger partial charge on any atom is 0.243 e. The van der Waals surface area contributed by atoms with Crippen molar-refractivity contribution < 1.29 is 17.9 Å². The maximum absolute atomic E-state index is 12.4. The molecule has 0 aliphatic rings. The van der Waals surface area contributed by atoms with Crippen LogP contribution in [-0.2, 0) is 21.4 Å². The van der Waals surface area contributed by atoms with Gasteiger partial charge in [-0.3, -0.25) is 4.79 Å². The second-order valence-electron chi connectivity index (χ2n) is 5.43. The summed E-state index contributed by atoms with van der Waals surface area (Å²) < 4.78 is 31.1. The number of carbonyl (C=O) groups is 1. The number of ether oxygens (including phenoxy) is 1. The summed E-state index contributed by atoms with van der Waals surface area (Å²) in [6, 6.07) is 15.4. The lowest BCUT2D eigenvalue weighted by Gasteiger charge is -2.17. The van der Waals surface area contributed by atoms with Gasteiger partial charge >= 0.3 is 0 Å². The number of sulfonamides is 1. The number of nitrogens with zero attached hydrogens (tertiary/aromatic N) is 1. The summed E-state index contributed by atoms with van der Waals surface area (Å²) in [7, 11) is -2.29. The summed E-state index contributed by atoms with van der Waals surface area (Å²) in [5.41, 5.74) is 0.908. The van der Waals surface area contributed by atoms with Gasteiger partial charge in [0, 0.05) is 13.6 Å². The highest BCUT2D eigenvalue weighted by atomic mass is 32.2. The molecule has 1 N–H and O–H groups in total. The van der Waals surface area contributed by atoms with E-state index in [1.807, 2.05) is 31.2 Å². The molecular formula is C18H22N2O4S. The van der Waals surface area contributed by atoms with Gasteiger partial charge in [0.2, 0.25) is 15.9 Å². The summed E-state index contributed by atoms with van der Waals surface area (Å²) in [5, 5.41) is 2.72. The number of hydrogen-bond donors (Lipinski definition) is 1. The Morgan fingerprint density at radius 3 is 2.32 bits per heavy atom. The summed E-state index contributed by atoms with van der Waals surface area (Å²) in [5.74, 6) is 0.405. The van der Waals surface area contributed by atoms with Crippen molar-refractivity contribution in [1.29, 1.82) is 0 Å². The Morgan fingerprint density at radius 2 is 1.72 bits per heavy atom. The fraction of sp³-hybridized carbons (Fsp3) is 0.278. The number of carbonyl (C=O) groups excluding carboxylic acids is 1. The lowest BCUT2D eigenvalue weighted by atomic mass is 10.2. The first-order valence-electron chi connectivity index (χ1n) is 7.93. The molecule has 1 amide bonds. The first-order chi connectivity index (χ1) is 11.9. The summed E-state index contributed by atoms with van der Waals surface area (Å²) in [6.07, 6.45) is 0. The molecule has 0 heterocycles. The van der Waals surface area contributed by atoms with Crippen LogP contribution in [0.3, 0.4) is 0 Å². The largest absolute Gasteiger partial charge is 0.494 e. The van der Waals surface area contributed by atoms with E-state index in [1.165, 1.54) is 19.2 Å². The molecule has 0 radical (unpaired) electrons. The van der Waals surface area contributed by atoms with E-state index in [1.54, 1.807) is 18.2 Å². The van der Waals surface area contributed by atoms with Crippen molar-refractivity contribution in [3.63, 3.8) is 0 Å². The van der Waals surface area contributed by atoms with E-state index in [-0.39, 0.29) is 17.3 Å². The Morgan fingerprint density at radius 1 is 1.08 bits per heavy atom. The van der Waals surface area contributed by atoms with Gasteiger partial charge in [-0.2, -0.15) is 4.31 Å². The van der Waals surface area contributed by atoms with Crippen LogP contribution >= 0.6 is 0 Å². The molecule has 0 unspecified atom stereocenters. The summed E-state index contributed by atoms with van der Waals surface area (Å²) >= 11 is 0. The first-order valence-corrected chi connectivity index (χ1v) is 9.37. The van der Waals surface area contributed by atoms with E-state index in [0.29, 0.717) is 13.2 Å². The van der Waals surface area contributed by atoms with Crippen LogP contribution in [0.5, 0.6) is 5.75 Å². The maximum atomic E-state index is 12.4. The molecular weight excluding hydrogens is 340 g/mol. The molecule has 134 valence electrons. The van der Waals surface area contributed by atoms with E-state index < -0.39 is 10.0 Å². The Hall–Kier alpha value is -2.38. The van der Waals surface area contributed by atoms with E-state index >= 15 is 0 Å². The third-order valence-corrected chi connectivity index (χ3v) is 5.36. The number of amides is 1. The summed E-state index contributed by atoms with van der Waals surface area (Å²) in [6.45, 7) is 2.59. The van der Waals surface area contributed by atoms with Gasteiger partial charge in [-0.1, -0.05) is 30.3 Å². The minimum atomic E-state index is -3.67. The van der Waals surface area contributed by atoms with Crippen molar-refractivity contribution in [3.8, 4) is 5.75 Å². The van der Waals surface area contributed by atoms with Crippen LogP contribution in [0.1, 0.15) is 12.5 Å². The number of nitrogens with one attached hydrogen (secondary N) is 1. The summed E-state index contributed by atoms with van der Waals surface area (Å²) in [4.78, 5) is 12.2. The highest BCUT2D eigenvalue weighted by molar-refractivity contribution is 7.89. The third-order valence-electron chi connectivity index (χ3n) is 3.54. The molecule has 6 nitrogen and oxygen atoms in total. The molecule has 0 atom stereocenters. The molecule has 0 spiro atoms. The van der Waals surface area contributed by atoms with Crippen molar-refractivity contribution in [3.05, 3.63) is 60.2 Å². The van der Waals surface area contributed by atoms with E-state index in [9.17, 15) is 13.2 Å². The van der Waals surface area contributed by atoms with Crippen LogP contribution in [0.25, 0.3) is 0 Å². The van der Waals surface area contributed by atoms with Gasteiger partial charge < -0.3 is 10.1 Å². The normalized spacial score (nSPS) is 11.3. The minimum Gasteiger partial charge on any atom is -0.494 e. The molecule has 7 heteroatoms. The molecule has 0 bridgehead atoms. The van der Waals surface area contributed by atoms with E-state index in [0.717, 1.165) is 15.6 Å². The Balaban J connectivity index is 1.89. The monoisotopic (exact) mass is 362 g/mol. The highest BCUT2D eigenvalue weighted by Crippen LogP contribution is 2.13. The van der Waals surface area contributed by atoms with Gasteiger partial charge in [0.25, 0.3) is 0 Å². The average molecular weight is 362 g/mol. The number of likely N-dealkylation sites (N-methyl/N-ethyl adjacent to an activating group) is 1. The van der Waals surface area contributed by atoms with Gasteiger partial charge in [-0.15, -0.1) is 0 Å². The van der Waals surface area contributed by atoms with Crippen LogP contribution in [0.15, 0.2) is 59.5 Å². The number of rotatable bonds is 8. The quantitative estimate of drug-likeness (QED) is 0.780. The Bertz CT molecular complexity index is 790. The van der Waals surface area contributed by atoms with Gasteiger partial charge in [-0.05, 0) is 36.8 Å². The predicted octanol–water partition coefficient (Wildman–Crippen LogP) is 2.02. The fourth-order valence-electron chi connectivity index (χ4n) is 2.19. The lowest BCUT2D eigenvalue weighted by molar-refractivity contribution is -0.121. The Kier molecular flexibility index (Phi) is 6.55. The van der Waals surface area contributed by atoms with Crippen LogP contribution in [-0.4, -0.2) is 38.8 Å². The van der Waals surface area contributed by atoms with E-state index in [4.69, 9.17) is 4.74 Å². The molecule has 2 aromatic carbocycles. The average Bonchev–Trinajstić information content (AvgIpc) is 2.62. The van der Waals surface area contributed by atoms with Crippen LogP contribution in [0, 0.1) is 0 Å². The zero-order chi connectivity index (χ0) is 18.3. The van der Waals surface area contributed by atoms with Gasteiger partial charge in [-0.25, -0.2) is 8.42 Å². The van der Waals surface area contributed by atoms with Crippen molar-refractivity contribution in [2.24, 2.45) is 0 Å². The smallest absolute Gasteiger partial charge is 0.243 e. The van der Waals surface area contributed by atoms with Crippen molar-refractivity contribution in [2.45, 2.75) is 18.4 Å². The van der Waals surface area contributed by atoms with Crippen LogP contribution in [0.4, 0.5) is 0 Å². The molecule has 25 heavy (non-hydrogen) atoms. The zero-order valence-corrected chi connectivity index (χ0v) is 15.1. The van der Waals surface area contributed by atoms with Gasteiger partial charge in [0.15, 0.2) is 0 Å². The van der Waals surface area contributed by atoms with Crippen LogP contribution < -0.4 is 10.1 Å². The molecule has 0 aliphatic heterocycles. The first kappa shape index (κ1) is 19.0. The van der Waals surface area contributed by atoms with Crippen LogP contribution in [0.2, 0.25) is 0 Å². The molecule has 2 rings (SSSR count). The molecule has 0 aromatic heterocycles. The standard InChI is InChI=1S/C18H22N2O4S/c1-3-24-16-11-9-15(10-12-16)13-19-18(21)14-20(2)25(22,23)17-7-5-4-6-8-17/h4-12H,3,13-14H2,1-2H3,(H,19,21). The topological polar surface area (TPSA) is 75.7 Å². The van der Waals surface area contributed by atoms with Crippen molar-refractivity contribution >= 4 is 15.9 Å².